The largest absolute Gasteiger partial charge is 0.478 e. The SMILES string of the molecule is O=C(O)c1ccc(C(=O)N2CCN(c3ccc(-n4cnnc4)cc3)CC2)nc1. The number of amides is 1. The van der Waals surface area contributed by atoms with E-state index in [0.29, 0.717) is 26.2 Å². The molecule has 0 unspecified atom stereocenters. The molecule has 0 atom stereocenters. The molecule has 0 spiro atoms. The maximum Gasteiger partial charge on any atom is 0.337 e. The van der Waals surface area contributed by atoms with Crippen molar-refractivity contribution in [3.05, 3.63) is 66.5 Å². The van der Waals surface area contributed by atoms with Crippen molar-refractivity contribution < 1.29 is 14.7 Å². The maximum absolute atomic E-state index is 12.6. The van der Waals surface area contributed by atoms with Crippen molar-refractivity contribution in [2.75, 3.05) is 31.1 Å². The molecule has 3 heterocycles. The van der Waals surface area contributed by atoms with Crippen molar-refractivity contribution in [1.82, 2.24) is 24.6 Å². The second kappa shape index (κ2) is 7.47. The number of carbonyl (C=O) groups excluding carboxylic acids is 1. The molecule has 3 aromatic rings. The van der Waals surface area contributed by atoms with E-state index < -0.39 is 5.97 Å². The van der Waals surface area contributed by atoms with Gasteiger partial charge in [0.2, 0.25) is 0 Å². The molecule has 1 aliphatic heterocycles. The van der Waals surface area contributed by atoms with Crippen LogP contribution < -0.4 is 4.90 Å². The molecular formula is C19H18N6O3. The fourth-order valence-corrected chi connectivity index (χ4v) is 3.15. The standard InChI is InChI=1S/C19H18N6O3/c26-18(17-6-1-14(11-20-17)19(27)28)24-9-7-23(8-10-24)15-2-4-16(5-3-15)25-12-21-22-13-25/h1-6,11-13H,7-10H2,(H,27,28). The Morgan fingerprint density at radius 3 is 2.07 bits per heavy atom. The Morgan fingerprint density at radius 2 is 1.50 bits per heavy atom. The third kappa shape index (κ3) is 3.54. The summed E-state index contributed by atoms with van der Waals surface area (Å²) < 4.78 is 1.84. The Hall–Kier alpha value is -3.75. The Bertz CT molecular complexity index is 962. The van der Waals surface area contributed by atoms with Crippen LogP contribution in [0, 0.1) is 0 Å². The van der Waals surface area contributed by atoms with Crippen molar-refractivity contribution in [2.45, 2.75) is 0 Å². The number of carboxylic acid groups (broad SMARTS) is 1. The number of carboxylic acids is 1. The number of pyridine rings is 1. The van der Waals surface area contributed by atoms with Gasteiger partial charge in [-0.15, -0.1) is 10.2 Å². The van der Waals surface area contributed by atoms with Gasteiger partial charge in [-0.1, -0.05) is 0 Å². The number of hydrogen-bond acceptors (Lipinski definition) is 6. The molecule has 1 aromatic carbocycles. The van der Waals surface area contributed by atoms with E-state index >= 15 is 0 Å². The van der Waals surface area contributed by atoms with E-state index in [0.717, 1.165) is 11.4 Å². The van der Waals surface area contributed by atoms with E-state index in [1.165, 1.54) is 18.3 Å². The molecular weight excluding hydrogens is 360 g/mol. The Morgan fingerprint density at radius 1 is 0.857 bits per heavy atom. The minimum atomic E-state index is -1.06. The lowest BCUT2D eigenvalue weighted by atomic mass is 10.2. The minimum absolute atomic E-state index is 0.0660. The summed E-state index contributed by atoms with van der Waals surface area (Å²) in [6.45, 7) is 2.58. The molecule has 2 aromatic heterocycles. The highest BCUT2D eigenvalue weighted by Gasteiger charge is 2.23. The molecule has 1 fully saturated rings. The Labute approximate surface area is 160 Å². The van der Waals surface area contributed by atoms with Crippen molar-refractivity contribution in [2.24, 2.45) is 0 Å². The first kappa shape index (κ1) is 17.7. The zero-order valence-corrected chi connectivity index (χ0v) is 15.0. The summed E-state index contributed by atoms with van der Waals surface area (Å²) in [5.41, 5.74) is 2.40. The van der Waals surface area contributed by atoms with E-state index in [1.54, 1.807) is 17.6 Å². The van der Waals surface area contributed by atoms with Gasteiger partial charge < -0.3 is 14.9 Å². The number of rotatable bonds is 4. The molecule has 4 rings (SSSR count). The molecule has 0 aliphatic carbocycles. The van der Waals surface area contributed by atoms with Crippen LogP contribution in [0.2, 0.25) is 0 Å². The molecule has 142 valence electrons. The number of carbonyl (C=O) groups is 2. The monoisotopic (exact) mass is 378 g/mol. The lowest BCUT2D eigenvalue weighted by Crippen LogP contribution is -2.49. The van der Waals surface area contributed by atoms with E-state index in [2.05, 4.69) is 20.1 Å². The molecule has 1 N–H and O–H groups in total. The predicted octanol–water partition coefficient (Wildman–Crippen LogP) is 1.32. The first-order valence-corrected chi connectivity index (χ1v) is 8.80. The van der Waals surface area contributed by atoms with Gasteiger partial charge in [-0.05, 0) is 36.4 Å². The fraction of sp³-hybridized carbons (Fsp3) is 0.211. The molecule has 1 saturated heterocycles. The van der Waals surface area contributed by atoms with Crippen molar-refractivity contribution in [3.8, 4) is 5.69 Å². The highest BCUT2D eigenvalue weighted by Crippen LogP contribution is 2.19. The summed E-state index contributed by atoms with van der Waals surface area (Å²) in [4.78, 5) is 31.4. The van der Waals surface area contributed by atoms with Crippen LogP contribution in [0.1, 0.15) is 20.8 Å². The zero-order chi connectivity index (χ0) is 19.5. The summed E-state index contributed by atoms with van der Waals surface area (Å²) in [5.74, 6) is -1.24. The predicted molar refractivity (Wildman–Crippen MR) is 101 cm³/mol. The van der Waals surface area contributed by atoms with Crippen LogP contribution in [0.4, 0.5) is 5.69 Å². The second-order valence-corrected chi connectivity index (χ2v) is 6.40. The summed E-state index contributed by atoms with van der Waals surface area (Å²) in [5, 5.41) is 16.5. The summed E-state index contributed by atoms with van der Waals surface area (Å²) in [7, 11) is 0. The van der Waals surface area contributed by atoms with E-state index in [-0.39, 0.29) is 17.2 Å². The number of piperazine rings is 1. The number of anilines is 1. The van der Waals surface area contributed by atoms with Gasteiger partial charge in [0.1, 0.15) is 18.3 Å². The van der Waals surface area contributed by atoms with Crippen molar-refractivity contribution in [1.29, 1.82) is 0 Å². The highest BCUT2D eigenvalue weighted by molar-refractivity contribution is 5.94. The number of aromatic nitrogens is 4. The average molecular weight is 378 g/mol. The maximum atomic E-state index is 12.6. The quantitative estimate of drug-likeness (QED) is 0.730. The zero-order valence-electron chi connectivity index (χ0n) is 15.0. The first-order valence-electron chi connectivity index (χ1n) is 8.80. The van der Waals surface area contributed by atoms with Gasteiger partial charge in [0.15, 0.2) is 0 Å². The van der Waals surface area contributed by atoms with Gasteiger partial charge in [-0.2, -0.15) is 0 Å². The lowest BCUT2D eigenvalue weighted by molar-refractivity contribution is 0.0691. The topological polar surface area (TPSA) is 104 Å². The van der Waals surface area contributed by atoms with Crippen LogP contribution in [0.5, 0.6) is 0 Å². The second-order valence-electron chi connectivity index (χ2n) is 6.40. The van der Waals surface area contributed by atoms with Crippen LogP contribution in [0.25, 0.3) is 5.69 Å². The number of hydrogen-bond donors (Lipinski definition) is 1. The molecule has 28 heavy (non-hydrogen) atoms. The fourth-order valence-electron chi connectivity index (χ4n) is 3.15. The third-order valence-electron chi connectivity index (χ3n) is 4.73. The van der Waals surface area contributed by atoms with Gasteiger partial charge in [0, 0.05) is 43.8 Å². The van der Waals surface area contributed by atoms with E-state index in [4.69, 9.17) is 5.11 Å². The molecule has 0 bridgehead atoms. The third-order valence-corrected chi connectivity index (χ3v) is 4.73. The van der Waals surface area contributed by atoms with Crippen LogP contribution in [-0.4, -0.2) is 67.8 Å². The van der Waals surface area contributed by atoms with Gasteiger partial charge >= 0.3 is 5.97 Å². The smallest absolute Gasteiger partial charge is 0.337 e. The number of benzene rings is 1. The summed E-state index contributed by atoms with van der Waals surface area (Å²) >= 11 is 0. The van der Waals surface area contributed by atoms with Crippen LogP contribution in [0.15, 0.2) is 55.2 Å². The van der Waals surface area contributed by atoms with E-state index in [9.17, 15) is 9.59 Å². The molecule has 9 nitrogen and oxygen atoms in total. The molecule has 1 amide bonds. The minimum Gasteiger partial charge on any atom is -0.478 e. The van der Waals surface area contributed by atoms with E-state index in [1.807, 2.05) is 28.8 Å². The highest BCUT2D eigenvalue weighted by atomic mass is 16.4. The number of aromatic carboxylic acids is 1. The first-order chi connectivity index (χ1) is 13.6. The summed E-state index contributed by atoms with van der Waals surface area (Å²) in [6, 6.07) is 10.9. The van der Waals surface area contributed by atoms with Crippen molar-refractivity contribution in [3.63, 3.8) is 0 Å². The Kier molecular flexibility index (Phi) is 4.71. The molecule has 1 aliphatic rings. The average Bonchev–Trinajstić information content (AvgIpc) is 3.28. The van der Waals surface area contributed by atoms with Gasteiger partial charge in [0.25, 0.3) is 5.91 Å². The molecule has 0 radical (unpaired) electrons. The van der Waals surface area contributed by atoms with Crippen LogP contribution in [-0.2, 0) is 0 Å². The van der Waals surface area contributed by atoms with Gasteiger partial charge in [0.05, 0.1) is 5.56 Å². The van der Waals surface area contributed by atoms with Crippen molar-refractivity contribution >= 4 is 17.6 Å². The molecule has 0 saturated carbocycles. The molecule has 9 heteroatoms. The lowest BCUT2D eigenvalue weighted by Gasteiger charge is -2.36. The number of nitrogens with zero attached hydrogens (tertiary/aromatic N) is 6. The van der Waals surface area contributed by atoms with Crippen LogP contribution >= 0.6 is 0 Å². The normalized spacial score (nSPS) is 14.1. The van der Waals surface area contributed by atoms with Gasteiger partial charge in [-0.3, -0.25) is 14.3 Å². The van der Waals surface area contributed by atoms with Crippen LogP contribution in [0.3, 0.4) is 0 Å². The summed E-state index contributed by atoms with van der Waals surface area (Å²) in [6.07, 6.45) is 4.51. The van der Waals surface area contributed by atoms with Gasteiger partial charge in [-0.25, -0.2) is 4.79 Å². The Balaban J connectivity index is 1.37.